The zero-order valence-corrected chi connectivity index (χ0v) is 19.6. The van der Waals surface area contributed by atoms with Crippen molar-refractivity contribution < 1.29 is 14.9 Å². The lowest BCUT2D eigenvalue weighted by Crippen LogP contribution is -2.26. The molecule has 2 heterocycles. The van der Waals surface area contributed by atoms with Crippen molar-refractivity contribution in [1.29, 1.82) is 0 Å². The fourth-order valence-electron chi connectivity index (χ4n) is 2.52. The Bertz CT molecular complexity index is 1030. The zero-order chi connectivity index (χ0) is 23.1. The number of nitrogens with one attached hydrogen (secondary N) is 3. The topological polar surface area (TPSA) is 137 Å². The molecule has 1 aromatic carbocycles. The molecule has 0 bridgehead atoms. The smallest absolute Gasteiger partial charge is 0.233 e. The van der Waals surface area contributed by atoms with Gasteiger partial charge in [0.1, 0.15) is 11.9 Å². The Balaban J connectivity index is 1.66. The Morgan fingerprint density at radius 3 is 2.19 bits per heavy atom. The highest BCUT2D eigenvalue weighted by Gasteiger charge is 2.15. The SMILES string of the molecule is Cc1cnc(Nc2ccc(Nc3ncc(Br)c(O[C@H](C)[C@@H](C)O)n3)cc2)nc1NCCO. The van der Waals surface area contributed by atoms with Gasteiger partial charge in [0.15, 0.2) is 0 Å². The minimum atomic E-state index is -0.632. The van der Waals surface area contributed by atoms with Crippen LogP contribution in [0.15, 0.2) is 41.1 Å². The van der Waals surface area contributed by atoms with Gasteiger partial charge in [-0.2, -0.15) is 9.97 Å². The van der Waals surface area contributed by atoms with Gasteiger partial charge in [0.25, 0.3) is 0 Å². The van der Waals surface area contributed by atoms with Crippen LogP contribution >= 0.6 is 15.9 Å². The summed E-state index contributed by atoms with van der Waals surface area (Å²) in [4.78, 5) is 17.3. The Hall–Kier alpha value is -3.02. The minimum Gasteiger partial charge on any atom is -0.471 e. The standard InChI is InChI=1S/C21H26BrN7O3/c1-12-10-24-20(28-18(12)23-8-9-30)26-15-4-6-16(7-5-15)27-21-25-11-17(22)19(29-21)32-14(3)13(2)31/h4-7,10-11,13-14,30-31H,8-9H2,1-3H3,(H,25,27,29)(H2,23,24,26,28)/t13-,14-/m1/s1. The van der Waals surface area contributed by atoms with Gasteiger partial charge in [-0.25, -0.2) is 9.97 Å². The van der Waals surface area contributed by atoms with Gasteiger partial charge in [0.2, 0.25) is 17.8 Å². The van der Waals surface area contributed by atoms with Gasteiger partial charge in [-0.1, -0.05) is 0 Å². The van der Waals surface area contributed by atoms with Crippen LogP contribution in [-0.4, -0.2) is 55.5 Å². The number of rotatable bonds is 10. The van der Waals surface area contributed by atoms with Crippen LogP contribution in [0.5, 0.6) is 5.88 Å². The summed E-state index contributed by atoms with van der Waals surface area (Å²) in [5.74, 6) is 1.83. The summed E-state index contributed by atoms with van der Waals surface area (Å²) < 4.78 is 6.28. The number of aliphatic hydroxyl groups excluding tert-OH is 2. The van der Waals surface area contributed by atoms with Crippen LogP contribution in [0, 0.1) is 6.92 Å². The molecule has 10 nitrogen and oxygen atoms in total. The number of hydrogen-bond donors (Lipinski definition) is 5. The van der Waals surface area contributed by atoms with Crippen molar-refractivity contribution in [3.8, 4) is 5.88 Å². The van der Waals surface area contributed by atoms with E-state index in [4.69, 9.17) is 9.84 Å². The molecule has 0 amide bonds. The van der Waals surface area contributed by atoms with E-state index in [1.165, 1.54) is 0 Å². The first-order valence-corrected chi connectivity index (χ1v) is 10.8. The van der Waals surface area contributed by atoms with E-state index in [1.54, 1.807) is 26.2 Å². The van der Waals surface area contributed by atoms with E-state index in [-0.39, 0.29) is 6.61 Å². The van der Waals surface area contributed by atoms with Crippen molar-refractivity contribution in [2.24, 2.45) is 0 Å². The number of halogens is 1. The van der Waals surface area contributed by atoms with Crippen LogP contribution in [0.3, 0.4) is 0 Å². The van der Waals surface area contributed by atoms with E-state index in [9.17, 15) is 5.11 Å². The van der Waals surface area contributed by atoms with E-state index < -0.39 is 12.2 Å². The Morgan fingerprint density at radius 2 is 1.59 bits per heavy atom. The van der Waals surface area contributed by atoms with Crippen LogP contribution in [0.25, 0.3) is 0 Å². The molecule has 5 N–H and O–H groups in total. The van der Waals surface area contributed by atoms with Crippen molar-refractivity contribution in [3.05, 3.63) is 46.7 Å². The fraction of sp³-hybridized carbons (Fsp3) is 0.333. The van der Waals surface area contributed by atoms with Gasteiger partial charge in [0.05, 0.1) is 23.4 Å². The van der Waals surface area contributed by atoms with Crippen molar-refractivity contribution in [2.75, 3.05) is 29.1 Å². The van der Waals surface area contributed by atoms with Crippen molar-refractivity contribution >= 4 is 45.0 Å². The third kappa shape index (κ3) is 6.49. The molecule has 0 spiro atoms. The first-order chi connectivity index (χ1) is 15.4. The second-order valence-electron chi connectivity index (χ2n) is 7.11. The zero-order valence-electron chi connectivity index (χ0n) is 18.0. The van der Waals surface area contributed by atoms with E-state index >= 15 is 0 Å². The summed E-state index contributed by atoms with van der Waals surface area (Å²) in [6.45, 7) is 5.76. The molecular formula is C21H26BrN7O3. The molecule has 0 saturated carbocycles. The highest BCUT2D eigenvalue weighted by atomic mass is 79.9. The minimum absolute atomic E-state index is 0.0238. The van der Waals surface area contributed by atoms with Crippen LogP contribution in [0.1, 0.15) is 19.4 Å². The molecule has 0 aliphatic carbocycles. The lowest BCUT2D eigenvalue weighted by atomic mass is 10.3. The maximum absolute atomic E-state index is 9.65. The number of hydrogen-bond acceptors (Lipinski definition) is 10. The molecule has 3 rings (SSSR count). The van der Waals surface area contributed by atoms with Crippen LogP contribution in [0.4, 0.5) is 29.1 Å². The molecule has 0 aliphatic rings. The first kappa shape index (κ1) is 23.6. The molecule has 170 valence electrons. The molecule has 0 unspecified atom stereocenters. The summed E-state index contributed by atoms with van der Waals surface area (Å²) in [6.07, 6.45) is 2.26. The van der Waals surface area contributed by atoms with Gasteiger partial charge in [-0.15, -0.1) is 0 Å². The highest BCUT2D eigenvalue weighted by molar-refractivity contribution is 9.10. The molecular weight excluding hydrogens is 478 g/mol. The maximum Gasteiger partial charge on any atom is 0.233 e. The molecule has 0 aliphatic heterocycles. The van der Waals surface area contributed by atoms with Gasteiger partial charge in [0, 0.05) is 29.7 Å². The normalized spacial score (nSPS) is 12.7. The van der Waals surface area contributed by atoms with E-state index in [0.29, 0.717) is 34.6 Å². The van der Waals surface area contributed by atoms with Gasteiger partial charge >= 0.3 is 0 Å². The average Bonchev–Trinajstić information content (AvgIpc) is 2.77. The summed E-state index contributed by atoms with van der Waals surface area (Å²) >= 11 is 3.36. The van der Waals surface area contributed by atoms with Crippen molar-refractivity contribution in [3.63, 3.8) is 0 Å². The average molecular weight is 504 g/mol. The predicted molar refractivity (Wildman–Crippen MR) is 127 cm³/mol. The van der Waals surface area contributed by atoms with Crippen LogP contribution in [0.2, 0.25) is 0 Å². The lowest BCUT2D eigenvalue weighted by molar-refractivity contribution is 0.0569. The first-order valence-electron chi connectivity index (χ1n) is 10.1. The molecule has 0 fully saturated rings. The Labute approximate surface area is 194 Å². The van der Waals surface area contributed by atoms with Crippen LogP contribution in [-0.2, 0) is 0 Å². The fourth-order valence-corrected chi connectivity index (χ4v) is 2.80. The van der Waals surface area contributed by atoms with Crippen molar-refractivity contribution in [1.82, 2.24) is 19.9 Å². The quantitative estimate of drug-likeness (QED) is 0.279. The molecule has 32 heavy (non-hydrogen) atoms. The number of benzene rings is 1. The number of ether oxygens (including phenoxy) is 1. The molecule has 11 heteroatoms. The summed E-state index contributed by atoms with van der Waals surface area (Å²) in [6, 6.07) is 7.48. The summed E-state index contributed by atoms with van der Waals surface area (Å²) in [5.41, 5.74) is 2.48. The monoisotopic (exact) mass is 503 g/mol. The van der Waals surface area contributed by atoms with Gasteiger partial charge in [-0.05, 0) is 61.0 Å². The second-order valence-corrected chi connectivity index (χ2v) is 7.97. The summed E-state index contributed by atoms with van der Waals surface area (Å²) in [7, 11) is 0. The van der Waals surface area contributed by atoms with E-state index in [0.717, 1.165) is 16.9 Å². The second kappa shape index (κ2) is 11.0. The molecule has 0 radical (unpaired) electrons. The number of nitrogens with zero attached hydrogens (tertiary/aromatic N) is 4. The number of aromatic nitrogens is 4. The molecule has 3 aromatic rings. The van der Waals surface area contributed by atoms with Crippen LogP contribution < -0.4 is 20.7 Å². The third-order valence-corrected chi connectivity index (χ3v) is 5.01. The molecule has 2 aromatic heterocycles. The third-order valence-electron chi connectivity index (χ3n) is 4.46. The number of aliphatic hydroxyl groups is 2. The number of aryl methyl sites for hydroxylation is 1. The number of anilines is 5. The predicted octanol–water partition coefficient (Wildman–Crippen LogP) is 3.38. The largest absolute Gasteiger partial charge is 0.471 e. The Morgan fingerprint density at radius 1 is 1.00 bits per heavy atom. The Kier molecular flexibility index (Phi) is 8.14. The van der Waals surface area contributed by atoms with E-state index in [1.807, 2.05) is 31.2 Å². The lowest BCUT2D eigenvalue weighted by Gasteiger charge is -2.17. The maximum atomic E-state index is 9.65. The molecule has 0 saturated heterocycles. The van der Waals surface area contributed by atoms with Gasteiger partial charge in [-0.3, -0.25) is 0 Å². The van der Waals surface area contributed by atoms with E-state index in [2.05, 4.69) is 51.8 Å². The molecule has 2 atom stereocenters. The summed E-state index contributed by atoms with van der Waals surface area (Å²) in [5, 5.41) is 28.0. The van der Waals surface area contributed by atoms with Gasteiger partial charge < -0.3 is 30.9 Å². The van der Waals surface area contributed by atoms with Crippen molar-refractivity contribution in [2.45, 2.75) is 33.0 Å². The highest BCUT2D eigenvalue weighted by Crippen LogP contribution is 2.26.